The SMILES string of the molecule is O=C(Cc1ccccc1)Cc1cccc(O)c1. The van der Waals surface area contributed by atoms with E-state index in [2.05, 4.69) is 0 Å². The van der Waals surface area contributed by atoms with Crippen LogP contribution in [0.2, 0.25) is 0 Å². The predicted octanol–water partition coefficient (Wildman–Crippen LogP) is 2.75. The van der Waals surface area contributed by atoms with E-state index < -0.39 is 0 Å². The van der Waals surface area contributed by atoms with Crippen LogP contribution in [0, 0.1) is 0 Å². The number of phenolic OH excluding ortho intramolecular Hbond substituents is 1. The summed E-state index contributed by atoms with van der Waals surface area (Å²) >= 11 is 0. The summed E-state index contributed by atoms with van der Waals surface area (Å²) in [7, 11) is 0. The van der Waals surface area contributed by atoms with E-state index in [0.717, 1.165) is 11.1 Å². The van der Waals surface area contributed by atoms with Crippen LogP contribution in [-0.2, 0) is 17.6 Å². The maximum atomic E-state index is 11.8. The number of Topliss-reactive ketones (excluding diaryl/α,β-unsaturated/α-hetero) is 1. The minimum absolute atomic E-state index is 0.154. The number of carbonyl (C=O) groups is 1. The molecular weight excluding hydrogens is 212 g/mol. The first-order valence-corrected chi connectivity index (χ1v) is 5.57. The third-order valence-electron chi connectivity index (χ3n) is 2.56. The molecule has 86 valence electrons. The Morgan fingerprint density at radius 1 is 0.882 bits per heavy atom. The molecule has 0 aliphatic rings. The lowest BCUT2D eigenvalue weighted by molar-refractivity contribution is -0.117. The Bertz CT molecular complexity index is 503. The molecule has 0 fully saturated rings. The molecule has 0 saturated carbocycles. The third kappa shape index (κ3) is 3.45. The highest BCUT2D eigenvalue weighted by Gasteiger charge is 2.05. The van der Waals surface area contributed by atoms with Crippen molar-refractivity contribution in [3.8, 4) is 5.75 Å². The van der Waals surface area contributed by atoms with Gasteiger partial charge in [0.25, 0.3) is 0 Å². The first-order chi connectivity index (χ1) is 8.24. The van der Waals surface area contributed by atoms with Crippen LogP contribution >= 0.6 is 0 Å². The fraction of sp³-hybridized carbons (Fsp3) is 0.133. The molecule has 2 aromatic carbocycles. The van der Waals surface area contributed by atoms with Gasteiger partial charge in [0, 0.05) is 12.8 Å². The van der Waals surface area contributed by atoms with E-state index in [1.54, 1.807) is 18.2 Å². The van der Waals surface area contributed by atoms with Gasteiger partial charge in [0.2, 0.25) is 0 Å². The summed E-state index contributed by atoms with van der Waals surface area (Å²) in [5.41, 5.74) is 1.88. The Kier molecular flexibility index (Phi) is 3.55. The summed E-state index contributed by atoms with van der Waals surface area (Å²) in [6.07, 6.45) is 0.805. The molecule has 2 aromatic rings. The van der Waals surface area contributed by atoms with E-state index >= 15 is 0 Å². The van der Waals surface area contributed by atoms with Gasteiger partial charge in [-0.25, -0.2) is 0 Å². The zero-order valence-corrected chi connectivity index (χ0v) is 9.47. The van der Waals surface area contributed by atoms with E-state index in [-0.39, 0.29) is 11.5 Å². The van der Waals surface area contributed by atoms with Crippen molar-refractivity contribution in [3.05, 3.63) is 65.7 Å². The maximum absolute atomic E-state index is 11.8. The van der Waals surface area contributed by atoms with E-state index in [1.807, 2.05) is 36.4 Å². The van der Waals surface area contributed by atoms with Gasteiger partial charge in [-0.05, 0) is 23.3 Å². The van der Waals surface area contributed by atoms with Crippen LogP contribution in [-0.4, -0.2) is 10.9 Å². The topological polar surface area (TPSA) is 37.3 Å². The molecule has 2 heteroatoms. The maximum Gasteiger partial charge on any atom is 0.141 e. The largest absolute Gasteiger partial charge is 0.508 e. The zero-order valence-electron chi connectivity index (χ0n) is 9.47. The van der Waals surface area contributed by atoms with Crippen LogP contribution in [0.4, 0.5) is 0 Å². The van der Waals surface area contributed by atoms with E-state index in [1.165, 1.54) is 0 Å². The zero-order chi connectivity index (χ0) is 12.1. The first kappa shape index (κ1) is 11.4. The number of hydrogen-bond acceptors (Lipinski definition) is 2. The van der Waals surface area contributed by atoms with Gasteiger partial charge < -0.3 is 5.11 Å². The molecule has 0 aliphatic carbocycles. The van der Waals surface area contributed by atoms with Crippen LogP contribution in [0.1, 0.15) is 11.1 Å². The van der Waals surface area contributed by atoms with Crippen molar-refractivity contribution in [2.45, 2.75) is 12.8 Å². The Hall–Kier alpha value is -2.09. The lowest BCUT2D eigenvalue weighted by atomic mass is 10.0. The Labute approximate surface area is 101 Å². The van der Waals surface area contributed by atoms with E-state index in [9.17, 15) is 9.90 Å². The summed E-state index contributed by atoms with van der Waals surface area (Å²) in [5.74, 6) is 0.358. The van der Waals surface area contributed by atoms with E-state index in [0.29, 0.717) is 12.8 Å². The van der Waals surface area contributed by atoms with Gasteiger partial charge >= 0.3 is 0 Å². The quantitative estimate of drug-likeness (QED) is 0.870. The predicted molar refractivity (Wildman–Crippen MR) is 67.0 cm³/mol. The van der Waals surface area contributed by atoms with Crippen molar-refractivity contribution in [3.63, 3.8) is 0 Å². The van der Waals surface area contributed by atoms with Gasteiger partial charge in [0.1, 0.15) is 11.5 Å². The summed E-state index contributed by atoms with van der Waals surface area (Å²) in [6, 6.07) is 16.5. The Balaban J connectivity index is 1.98. The Morgan fingerprint density at radius 2 is 1.53 bits per heavy atom. The van der Waals surface area contributed by atoms with Crippen molar-refractivity contribution < 1.29 is 9.90 Å². The highest BCUT2D eigenvalue weighted by atomic mass is 16.3. The monoisotopic (exact) mass is 226 g/mol. The average Bonchev–Trinajstić information content (AvgIpc) is 2.30. The molecule has 0 unspecified atom stereocenters. The summed E-state index contributed by atoms with van der Waals surface area (Å²) in [5, 5.41) is 9.30. The van der Waals surface area contributed by atoms with Gasteiger partial charge in [-0.1, -0.05) is 42.5 Å². The molecule has 1 N–H and O–H groups in total. The second-order valence-electron chi connectivity index (χ2n) is 4.05. The van der Waals surface area contributed by atoms with Crippen molar-refractivity contribution >= 4 is 5.78 Å². The lowest BCUT2D eigenvalue weighted by Crippen LogP contribution is -2.06. The molecular formula is C15H14O2. The summed E-state index contributed by atoms with van der Waals surface area (Å²) < 4.78 is 0. The molecule has 2 nitrogen and oxygen atoms in total. The third-order valence-corrected chi connectivity index (χ3v) is 2.56. The molecule has 0 saturated heterocycles. The highest BCUT2D eigenvalue weighted by molar-refractivity contribution is 5.83. The lowest BCUT2D eigenvalue weighted by Gasteiger charge is -2.02. The molecule has 17 heavy (non-hydrogen) atoms. The smallest absolute Gasteiger partial charge is 0.141 e. The van der Waals surface area contributed by atoms with Gasteiger partial charge in [0.05, 0.1) is 0 Å². The minimum Gasteiger partial charge on any atom is -0.508 e. The Morgan fingerprint density at radius 3 is 2.24 bits per heavy atom. The van der Waals surface area contributed by atoms with Crippen LogP contribution in [0.15, 0.2) is 54.6 Å². The second kappa shape index (κ2) is 5.30. The van der Waals surface area contributed by atoms with Gasteiger partial charge in [0.15, 0.2) is 0 Å². The van der Waals surface area contributed by atoms with Crippen LogP contribution in [0.25, 0.3) is 0 Å². The minimum atomic E-state index is 0.154. The summed E-state index contributed by atoms with van der Waals surface area (Å²) in [6.45, 7) is 0. The number of rotatable bonds is 4. The molecule has 0 spiro atoms. The standard InChI is InChI=1S/C15H14O2/c16-14-8-4-7-13(10-14)11-15(17)9-12-5-2-1-3-6-12/h1-8,10,16H,9,11H2. The fourth-order valence-electron chi connectivity index (χ4n) is 1.78. The van der Waals surface area contributed by atoms with Crippen molar-refractivity contribution in [2.75, 3.05) is 0 Å². The number of ketones is 1. The fourth-order valence-corrected chi connectivity index (χ4v) is 1.78. The van der Waals surface area contributed by atoms with Crippen molar-refractivity contribution in [1.82, 2.24) is 0 Å². The normalized spacial score (nSPS) is 10.1. The van der Waals surface area contributed by atoms with Crippen molar-refractivity contribution in [2.24, 2.45) is 0 Å². The number of carbonyl (C=O) groups excluding carboxylic acids is 1. The molecule has 0 atom stereocenters. The molecule has 0 aromatic heterocycles. The molecule has 0 heterocycles. The highest BCUT2D eigenvalue weighted by Crippen LogP contribution is 2.12. The van der Waals surface area contributed by atoms with Crippen LogP contribution in [0.5, 0.6) is 5.75 Å². The van der Waals surface area contributed by atoms with Crippen LogP contribution in [0.3, 0.4) is 0 Å². The number of aromatic hydroxyl groups is 1. The van der Waals surface area contributed by atoms with Gasteiger partial charge in [-0.15, -0.1) is 0 Å². The van der Waals surface area contributed by atoms with Crippen molar-refractivity contribution in [1.29, 1.82) is 0 Å². The number of benzene rings is 2. The van der Waals surface area contributed by atoms with Gasteiger partial charge in [-0.3, -0.25) is 4.79 Å². The molecule has 2 rings (SSSR count). The molecule has 0 amide bonds. The van der Waals surface area contributed by atoms with Crippen LogP contribution < -0.4 is 0 Å². The molecule has 0 bridgehead atoms. The summed E-state index contributed by atoms with van der Waals surface area (Å²) in [4.78, 5) is 11.8. The second-order valence-corrected chi connectivity index (χ2v) is 4.05. The van der Waals surface area contributed by atoms with E-state index in [4.69, 9.17) is 0 Å². The first-order valence-electron chi connectivity index (χ1n) is 5.57. The number of phenols is 1. The molecule has 0 radical (unpaired) electrons. The number of hydrogen-bond donors (Lipinski definition) is 1. The average molecular weight is 226 g/mol. The van der Waals surface area contributed by atoms with Gasteiger partial charge in [-0.2, -0.15) is 0 Å². The molecule has 0 aliphatic heterocycles.